The number of anilines is 1. The number of likely N-dealkylation sites (N-methyl/N-ethyl adjacent to an activating group) is 1. The number of benzene rings is 1. The lowest BCUT2D eigenvalue weighted by Crippen LogP contribution is -2.48. The summed E-state index contributed by atoms with van der Waals surface area (Å²) in [5, 5.41) is 5.97. The molecule has 0 saturated carbocycles. The Balaban J connectivity index is 3.09. The van der Waals surface area contributed by atoms with Crippen molar-refractivity contribution in [3.63, 3.8) is 0 Å². The Morgan fingerprint density at radius 2 is 1.95 bits per heavy atom. The highest BCUT2D eigenvalue weighted by Gasteiger charge is 2.26. The van der Waals surface area contributed by atoms with Gasteiger partial charge in [-0.1, -0.05) is 11.6 Å². The van der Waals surface area contributed by atoms with Gasteiger partial charge in [-0.05, 0) is 39.1 Å². The van der Waals surface area contributed by atoms with Crippen molar-refractivity contribution in [3.8, 4) is 0 Å². The Morgan fingerprint density at radius 3 is 2.47 bits per heavy atom. The fourth-order valence-electron chi connectivity index (χ4n) is 1.30. The predicted octanol–water partition coefficient (Wildman–Crippen LogP) is 2.06. The topological polar surface area (TPSA) is 67.4 Å². The number of amides is 1. The highest BCUT2D eigenvalue weighted by molar-refractivity contribution is 6.31. The average molecular weight is 285 g/mol. The quantitative estimate of drug-likeness (QED) is 0.831. The van der Waals surface area contributed by atoms with Gasteiger partial charge in [0.1, 0.15) is 0 Å². The molecule has 0 spiro atoms. The first-order chi connectivity index (χ1) is 8.81. The highest BCUT2D eigenvalue weighted by atomic mass is 35.5. The van der Waals surface area contributed by atoms with Crippen molar-refractivity contribution in [2.75, 3.05) is 19.5 Å². The number of hydrogen-bond acceptors (Lipinski definition) is 4. The van der Waals surface area contributed by atoms with Crippen molar-refractivity contribution in [1.82, 2.24) is 5.32 Å². The van der Waals surface area contributed by atoms with Crippen LogP contribution >= 0.6 is 11.6 Å². The largest absolute Gasteiger partial charge is 0.465 e. The molecule has 2 N–H and O–H groups in total. The Kier molecular flexibility index (Phi) is 4.91. The van der Waals surface area contributed by atoms with E-state index in [-0.39, 0.29) is 11.5 Å². The maximum atomic E-state index is 12.1. The number of halogens is 1. The summed E-state index contributed by atoms with van der Waals surface area (Å²) in [6.07, 6.45) is 0. The van der Waals surface area contributed by atoms with Gasteiger partial charge in [0.25, 0.3) is 0 Å². The summed E-state index contributed by atoms with van der Waals surface area (Å²) >= 11 is 5.88. The van der Waals surface area contributed by atoms with E-state index in [0.29, 0.717) is 10.7 Å². The summed E-state index contributed by atoms with van der Waals surface area (Å²) in [6.45, 7) is 3.45. The Morgan fingerprint density at radius 1 is 1.32 bits per heavy atom. The average Bonchev–Trinajstić information content (AvgIpc) is 2.38. The zero-order valence-corrected chi connectivity index (χ0v) is 12.1. The summed E-state index contributed by atoms with van der Waals surface area (Å²) in [7, 11) is 2.96. The van der Waals surface area contributed by atoms with Gasteiger partial charge in [0.15, 0.2) is 0 Å². The van der Waals surface area contributed by atoms with Crippen molar-refractivity contribution in [2.45, 2.75) is 19.4 Å². The summed E-state index contributed by atoms with van der Waals surface area (Å²) in [4.78, 5) is 23.7. The Labute approximate surface area is 117 Å². The lowest BCUT2D eigenvalue weighted by atomic mass is 10.0. The summed E-state index contributed by atoms with van der Waals surface area (Å²) in [5.41, 5.74) is -0.185. The van der Waals surface area contributed by atoms with E-state index in [1.807, 2.05) is 0 Å². The number of carbonyl (C=O) groups is 2. The molecule has 0 heterocycles. The van der Waals surface area contributed by atoms with Crippen LogP contribution in [-0.4, -0.2) is 31.6 Å². The molecule has 0 aliphatic carbocycles. The van der Waals surface area contributed by atoms with Crippen molar-refractivity contribution in [1.29, 1.82) is 0 Å². The highest BCUT2D eigenvalue weighted by Crippen LogP contribution is 2.22. The van der Waals surface area contributed by atoms with Crippen LogP contribution < -0.4 is 10.6 Å². The minimum Gasteiger partial charge on any atom is -0.465 e. The van der Waals surface area contributed by atoms with Gasteiger partial charge in [-0.2, -0.15) is 0 Å². The molecule has 0 atom stereocenters. The molecule has 1 amide bonds. The molecular weight excluding hydrogens is 268 g/mol. The van der Waals surface area contributed by atoms with E-state index >= 15 is 0 Å². The molecule has 1 rings (SSSR count). The van der Waals surface area contributed by atoms with E-state index in [9.17, 15) is 9.59 Å². The van der Waals surface area contributed by atoms with Crippen molar-refractivity contribution in [3.05, 3.63) is 28.8 Å². The molecule has 0 unspecified atom stereocenters. The minimum absolute atomic E-state index is 0.257. The molecule has 5 nitrogen and oxygen atoms in total. The van der Waals surface area contributed by atoms with Crippen LogP contribution in [0.5, 0.6) is 0 Å². The van der Waals surface area contributed by atoms with E-state index in [2.05, 4.69) is 15.4 Å². The smallest absolute Gasteiger partial charge is 0.339 e. The van der Waals surface area contributed by atoms with Gasteiger partial charge in [-0.3, -0.25) is 4.79 Å². The Hall–Kier alpha value is -1.59. The first kappa shape index (κ1) is 15.5. The van der Waals surface area contributed by atoms with Gasteiger partial charge in [-0.25, -0.2) is 4.79 Å². The normalized spacial score (nSPS) is 11.0. The van der Waals surface area contributed by atoms with Crippen LogP contribution in [-0.2, 0) is 9.53 Å². The van der Waals surface area contributed by atoms with Crippen LogP contribution in [0.3, 0.4) is 0 Å². The number of esters is 1. The number of nitrogens with one attached hydrogen (secondary N) is 2. The van der Waals surface area contributed by atoms with Gasteiger partial charge in [-0.15, -0.1) is 0 Å². The number of rotatable bonds is 4. The SMILES string of the molecule is CNC(C)(C)C(=O)Nc1cc(Cl)ccc1C(=O)OC. The monoisotopic (exact) mass is 284 g/mol. The number of carbonyl (C=O) groups excluding carboxylic acids is 2. The number of ether oxygens (including phenoxy) is 1. The van der Waals surface area contributed by atoms with Gasteiger partial charge in [0, 0.05) is 5.02 Å². The molecule has 19 heavy (non-hydrogen) atoms. The molecule has 0 aromatic heterocycles. The number of hydrogen-bond donors (Lipinski definition) is 2. The van der Waals surface area contributed by atoms with E-state index in [4.69, 9.17) is 11.6 Å². The molecule has 0 saturated heterocycles. The van der Waals surface area contributed by atoms with E-state index in [1.54, 1.807) is 27.0 Å². The molecule has 1 aromatic rings. The van der Waals surface area contributed by atoms with E-state index in [1.165, 1.54) is 19.2 Å². The zero-order valence-electron chi connectivity index (χ0n) is 11.3. The van der Waals surface area contributed by atoms with Crippen molar-refractivity contribution in [2.24, 2.45) is 0 Å². The molecule has 0 aliphatic rings. The van der Waals surface area contributed by atoms with Crippen LogP contribution in [0.4, 0.5) is 5.69 Å². The molecule has 0 aliphatic heterocycles. The third-order valence-corrected chi connectivity index (χ3v) is 3.06. The molecule has 0 fully saturated rings. The lowest BCUT2D eigenvalue weighted by Gasteiger charge is -2.23. The lowest BCUT2D eigenvalue weighted by molar-refractivity contribution is -0.121. The second-order valence-corrected chi connectivity index (χ2v) is 4.95. The maximum absolute atomic E-state index is 12.1. The Bertz CT molecular complexity index is 501. The first-order valence-electron chi connectivity index (χ1n) is 5.70. The third kappa shape index (κ3) is 3.68. The van der Waals surface area contributed by atoms with Crippen LogP contribution in [0.15, 0.2) is 18.2 Å². The molecule has 0 radical (unpaired) electrons. The van der Waals surface area contributed by atoms with E-state index in [0.717, 1.165) is 0 Å². The standard InChI is InChI=1S/C13H17ClN2O3/c1-13(2,15-3)12(18)16-10-7-8(14)5-6-9(10)11(17)19-4/h5-7,15H,1-4H3,(H,16,18). The van der Waals surface area contributed by atoms with Gasteiger partial charge in [0.05, 0.1) is 23.9 Å². The van der Waals surface area contributed by atoms with Crippen molar-refractivity contribution < 1.29 is 14.3 Å². The van der Waals surface area contributed by atoms with Crippen LogP contribution in [0.2, 0.25) is 5.02 Å². The molecular formula is C13H17ClN2O3. The van der Waals surface area contributed by atoms with Crippen LogP contribution in [0.25, 0.3) is 0 Å². The predicted molar refractivity (Wildman–Crippen MR) is 74.6 cm³/mol. The van der Waals surface area contributed by atoms with Gasteiger partial charge < -0.3 is 15.4 Å². The maximum Gasteiger partial charge on any atom is 0.339 e. The molecule has 1 aromatic carbocycles. The first-order valence-corrected chi connectivity index (χ1v) is 6.08. The second-order valence-electron chi connectivity index (χ2n) is 4.51. The fraction of sp³-hybridized carbons (Fsp3) is 0.385. The number of methoxy groups -OCH3 is 1. The molecule has 104 valence electrons. The van der Waals surface area contributed by atoms with Crippen LogP contribution in [0.1, 0.15) is 24.2 Å². The van der Waals surface area contributed by atoms with Crippen LogP contribution in [0, 0.1) is 0 Å². The summed E-state index contributed by atoms with van der Waals surface area (Å²) in [5.74, 6) is -0.809. The molecule has 0 bridgehead atoms. The minimum atomic E-state index is -0.768. The third-order valence-electron chi connectivity index (χ3n) is 2.83. The zero-order chi connectivity index (χ0) is 14.6. The van der Waals surface area contributed by atoms with Crippen molar-refractivity contribution >= 4 is 29.2 Å². The van der Waals surface area contributed by atoms with E-state index < -0.39 is 11.5 Å². The van der Waals surface area contributed by atoms with Gasteiger partial charge >= 0.3 is 5.97 Å². The molecule has 6 heteroatoms. The summed E-state index contributed by atoms with van der Waals surface area (Å²) in [6, 6.07) is 4.58. The summed E-state index contributed by atoms with van der Waals surface area (Å²) < 4.78 is 4.66. The fourth-order valence-corrected chi connectivity index (χ4v) is 1.47. The second kappa shape index (κ2) is 6.04. The van der Waals surface area contributed by atoms with Gasteiger partial charge in [0.2, 0.25) is 5.91 Å².